The lowest BCUT2D eigenvalue weighted by atomic mass is 10.1. The van der Waals surface area contributed by atoms with Crippen LogP contribution in [0.3, 0.4) is 0 Å². The number of ether oxygens (including phenoxy) is 2. The van der Waals surface area contributed by atoms with Crippen LogP contribution in [0, 0.1) is 0 Å². The van der Waals surface area contributed by atoms with E-state index in [0.717, 1.165) is 15.6 Å². The zero-order chi connectivity index (χ0) is 19.4. The van der Waals surface area contributed by atoms with E-state index in [2.05, 4.69) is 21.2 Å². The first kappa shape index (κ1) is 19.4. The minimum absolute atomic E-state index is 0.172. The molecule has 2 aromatic rings. The molecule has 0 aliphatic carbocycles. The van der Waals surface area contributed by atoms with Gasteiger partial charge in [0, 0.05) is 11.5 Å². The van der Waals surface area contributed by atoms with E-state index in [1.165, 1.54) is 4.90 Å². The number of hydrogen-bond acceptors (Lipinski definition) is 4. The van der Waals surface area contributed by atoms with Crippen molar-refractivity contribution in [2.45, 2.75) is 13.5 Å². The third-order valence-electron chi connectivity index (χ3n) is 3.98. The Morgan fingerprint density at radius 3 is 2.52 bits per heavy atom. The number of hydrogen-bond donors (Lipinski definition) is 1. The van der Waals surface area contributed by atoms with Crippen molar-refractivity contribution >= 4 is 45.2 Å². The Balaban J connectivity index is 1.88. The maximum Gasteiger partial charge on any atom is 0.276 e. The fraction of sp³-hybridized carbons (Fsp3) is 0.200. The van der Waals surface area contributed by atoms with Crippen molar-refractivity contribution in [2.75, 3.05) is 13.7 Å². The third-order valence-corrected chi connectivity index (χ3v) is 5.04. The molecule has 2 aromatic carbocycles. The largest absolute Gasteiger partial charge is 0.490 e. The fourth-order valence-electron chi connectivity index (χ4n) is 2.56. The summed E-state index contributed by atoms with van der Waals surface area (Å²) in [4.78, 5) is 13.6. The van der Waals surface area contributed by atoms with Crippen molar-refractivity contribution in [3.05, 3.63) is 63.8 Å². The summed E-state index contributed by atoms with van der Waals surface area (Å²) in [5.41, 5.74) is 2.28. The Kier molecular flexibility index (Phi) is 6.13. The molecule has 0 aromatic heterocycles. The number of likely N-dealkylation sites (N-methyl/N-ethyl adjacent to an activating group) is 1. The van der Waals surface area contributed by atoms with Gasteiger partial charge in [-0.3, -0.25) is 9.69 Å². The summed E-state index contributed by atoms with van der Waals surface area (Å²) in [6.45, 7) is 2.85. The van der Waals surface area contributed by atoms with Crippen molar-refractivity contribution in [3.8, 4) is 11.5 Å². The maximum atomic E-state index is 12.2. The molecule has 0 radical (unpaired) electrons. The summed E-state index contributed by atoms with van der Waals surface area (Å²) in [6.07, 6.45) is 1.74. The molecule has 0 bridgehead atoms. The summed E-state index contributed by atoms with van der Waals surface area (Å²) in [6, 6.07) is 13.6. The Labute approximate surface area is 172 Å². The molecule has 0 unspecified atom stereocenters. The molecule has 27 heavy (non-hydrogen) atoms. The molecule has 1 N–H and O–H groups in total. The van der Waals surface area contributed by atoms with E-state index < -0.39 is 0 Å². The Hall–Kier alpha value is -2.38. The van der Waals surface area contributed by atoms with E-state index in [4.69, 9.17) is 21.7 Å². The van der Waals surface area contributed by atoms with Gasteiger partial charge in [-0.1, -0.05) is 46.3 Å². The minimum atomic E-state index is -0.172. The molecule has 1 amide bonds. The lowest BCUT2D eigenvalue weighted by Gasteiger charge is -2.14. The summed E-state index contributed by atoms with van der Waals surface area (Å²) < 4.78 is 12.5. The number of benzene rings is 2. The molecule has 0 spiro atoms. The molecule has 140 valence electrons. The molecule has 1 saturated heterocycles. The highest BCUT2D eigenvalue weighted by Gasteiger charge is 2.27. The average Bonchev–Trinajstić information content (AvgIpc) is 2.91. The standard InChI is InChI=1S/C20H19BrN2O3S/c1-3-25-17-10-14(9-16-19(24)23(2)20(27)22-16)15(21)11-18(17)26-12-13-7-5-4-6-8-13/h4-11H,3,12H2,1-2H3,(H,22,27). The molecule has 1 fully saturated rings. The average molecular weight is 447 g/mol. The van der Waals surface area contributed by atoms with E-state index in [-0.39, 0.29) is 5.91 Å². The van der Waals surface area contributed by atoms with Crippen LogP contribution in [0.1, 0.15) is 18.1 Å². The highest BCUT2D eigenvalue weighted by Crippen LogP contribution is 2.35. The molecule has 3 rings (SSSR count). The van der Waals surface area contributed by atoms with Gasteiger partial charge in [0.15, 0.2) is 16.6 Å². The van der Waals surface area contributed by atoms with E-state index in [9.17, 15) is 4.79 Å². The van der Waals surface area contributed by atoms with Crippen molar-refractivity contribution < 1.29 is 14.3 Å². The number of thiocarbonyl (C=S) groups is 1. The van der Waals surface area contributed by atoms with Gasteiger partial charge in [0.05, 0.1) is 6.61 Å². The number of rotatable bonds is 6. The first-order valence-electron chi connectivity index (χ1n) is 8.43. The van der Waals surface area contributed by atoms with Gasteiger partial charge < -0.3 is 14.8 Å². The Morgan fingerprint density at radius 2 is 1.89 bits per heavy atom. The number of halogens is 1. The Morgan fingerprint density at radius 1 is 1.19 bits per heavy atom. The smallest absolute Gasteiger partial charge is 0.276 e. The monoisotopic (exact) mass is 446 g/mol. The van der Waals surface area contributed by atoms with Gasteiger partial charge in [-0.2, -0.15) is 0 Å². The second-order valence-electron chi connectivity index (χ2n) is 5.88. The minimum Gasteiger partial charge on any atom is -0.490 e. The molecule has 1 aliphatic rings. The summed E-state index contributed by atoms with van der Waals surface area (Å²) in [5.74, 6) is 1.08. The lowest BCUT2D eigenvalue weighted by molar-refractivity contribution is -0.121. The van der Waals surface area contributed by atoms with Crippen LogP contribution in [0.5, 0.6) is 11.5 Å². The van der Waals surface area contributed by atoms with Gasteiger partial charge >= 0.3 is 0 Å². The second-order valence-corrected chi connectivity index (χ2v) is 7.12. The van der Waals surface area contributed by atoms with Gasteiger partial charge in [-0.15, -0.1) is 0 Å². The van der Waals surface area contributed by atoms with Crippen LogP contribution in [0.15, 0.2) is 52.6 Å². The third kappa shape index (κ3) is 4.48. The molecule has 0 atom stereocenters. The van der Waals surface area contributed by atoms with Gasteiger partial charge in [-0.05, 0) is 48.5 Å². The first-order valence-corrected chi connectivity index (χ1v) is 9.63. The molecule has 7 heteroatoms. The van der Waals surface area contributed by atoms with Crippen molar-refractivity contribution in [1.82, 2.24) is 10.2 Å². The molecular weight excluding hydrogens is 428 g/mol. The van der Waals surface area contributed by atoms with Crippen molar-refractivity contribution in [3.63, 3.8) is 0 Å². The number of nitrogens with zero attached hydrogens (tertiary/aromatic N) is 1. The number of carbonyl (C=O) groups excluding carboxylic acids is 1. The molecule has 5 nitrogen and oxygen atoms in total. The van der Waals surface area contributed by atoms with E-state index in [0.29, 0.717) is 35.5 Å². The van der Waals surface area contributed by atoms with Crippen LogP contribution < -0.4 is 14.8 Å². The normalized spacial score (nSPS) is 15.2. The summed E-state index contributed by atoms with van der Waals surface area (Å²) in [5, 5.41) is 3.30. The van der Waals surface area contributed by atoms with E-state index >= 15 is 0 Å². The zero-order valence-electron chi connectivity index (χ0n) is 15.0. The maximum absolute atomic E-state index is 12.2. The number of nitrogens with one attached hydrogen (secondary N) is 1. The molecule has 0 saturated carbocycles. The highest BCUT2D eigenvalue weighted by atomic mass is 79.9. The van der Waals surface area contributed by atoms with Gasteiger partial charge in [0.2, 0.25) is 0 Å². The van der Waals surface area contributed by atoms with Crippen LogP contribution in [-0.2, 0) is 11.4 Å². The summed E-state index contributed by atoms with van der Waals surface area (Å²) >= 11 is 8.66. The summed E-state index contributed by atoms with van der Waals surface area (Å²) in [7, 11) is 1.64. The van der Waals surface area contributed by atoms with Crippen LogP contribution in [0.2, 0.25) is 0 Å². The lowest BCUT2D eigenvalue weighted by Crippen LogP contribution is -2.25. The topological polar surface area (TPSA) is 50.8 Å². The van der Waals surface area contributed by atoms with Gasteiger partial charge in [0.25, 0.3) is 5.91 Å². The quantitative estimate of drug-likeness (QED) is 0.534. The van der Waals surface area contributed by atoms with Crippen molar-refractivity contribution in [1.29, 1.82) is 0 Å². The highest BCUT2D eigenvalue weighted by molar-refractivity contribution is 9.10. The zero-order valence-corrected chi connectivity index (χ0v) is 17.4. The fourth-order valence-corrected chi connectivity index (χ4v) is 3.19. The predicted molar refractivity (Wildman–Crippen MR) is 113 cm³/mol. The van der Waals surface area contributed by atoms with Crippen LogP contribution in [0.25, 0.3) is 6.08 Å². The number of amides is 1. The van der Waals surface area contributed by atoms with Crippen LogP contribution in [-0.4, -0.2) is 29.6 Å². The van der Waals surface area contributed by atoms with Crippen molar-refractivity contribution in [2.24, 2.45) is 0 Å². The Bertz CT molecular complexity index is 900. The van der Waals surface area contributed by atoms with Crippen LogP contribution >= 0.6 is 28.1 Å². The van der Waals surface area contributed by atoms with E-state index in [1.54, 1.807) is 13.1 Å². The van der Waals surface area contributed by atoms with Gasteiger partial charge in [-0.25, -0.2) is 0 Å². The van der Waals surface area contributed by atoms with E-state index in [1.807, 2.05) is 49.4 Å². The molecular formula is C20H19BrN2O3S. The number of carbonyl (C=O) groups is 1. The van der Waals surface area contributed by atoms with Gasteiger partial charge in [0.1, 0.15) is 12.3 Å². The first-order chi connectivity index (χ1) is 13.0. The molecule has 1 aliphatic heterocycles. The van der Waals surface area contributed by atoms with Crippen LogP contribution in [0.4, 0.5) is 0 Å². The second kappa shape index (κ2) is 8.54. The SMILES string of the molecule is CCOc1cc(C=C2NC(=S)N(C)C2=O)c(Br)cc1OCc1ccccc1. The molecule has 1 heterocycles. The predicted octanol–water partition coefficient (Wildman–Crippen LogP) is 4.11.